The van der Waals surface area contributed by atoms with Gasteiger partial charge in [-0.1, -0.05) is 6.07 Å². The van der Waals surface area contributed by atoms with Gasteiger partial charge in [-0.25, -0.2) is 13.1 Å². The zero-order chi connectivity index (χ0) is 19.5. The number of nitrogens with one attached hydrogen (secondary N) is 1. The third-order valence-electron chi connectivity index (χ3n) is 3.51. The summed E-state index contributed by atoms with van der Waals surface area (Å²) in [5.41, 5.74) is 2.22. The van der Waals surface area contributed by atoms with E-state index in [1.54, 1.807) is 18.3 Å². The van der Waals surface area contributed by atoms with E-state index in [4.69, 9.17) is 0 Å². The average Bonchev–Trinajstić information content (AvgIpc) is 3.14. The number of rotatable bonds is 6. The molecule has 0 aliphatic heterocycles. The van der Waals surface area contributed by atoms with Crippen LogP contribution in [0, 0.1) is 0 Å². The molecule has 0 aliphatic carbocycles. The molecular formula is C17H13F3N2O3S2. The van der Waals surface area contributed by atoms with Crippen molar-refractivity contribution >= 4 is 21.4 Å². The van der Waals surface area contributed by atoms with Gasteiger partial charge >= 0.3 is 6.36 Å². The van der Waals surface area contributed by atoms with Gasteiger partial charge in [-0.3, -0.25) is 4.98 Å². The first-order valence-corrected chi connectivity index (χ1v) is 9.99. The Bertz CT molecular complexity index is 1000. The normalized spacial score (nSPS) is 12.1. The summed E-state index contributed by atoms with van der Waals surface area (Å²) in [7, 11) is -3.92. The number of aromatic nitrogens is 1. The van der Waals surface area contributed by atoms with Crippen molar-refractivity contribution in [3.63, 3.8) is 0 Å². The highest BCUT2D eigenvalue weighted by Gasteiger charge is 2.31. The highest BCUT2D eigenvalue weighted by Crippen LogP contribution is 2.25. The third-order valence-corrected chi connectivity index (χ3v) is 5.61. The number of thiophene rings is 1. The maximum absolute atomic E-state index is 12.4. The molecule has 1 N–H and O–H groups in total. The molecule has 0 bridgehead atoms. The molecule has 0 unspecified atom stereocenters. The predicted octanol–water partition coefficient (Wildman–Crippen LogP) is 4.19. The van der Waals surface area contributed by atoms with Gasteiger partial charge in [-0.15, -0.1) is 13.2 Å². The van der Waals surface area contributed by atoms with Crippen LogP contribution in [0.3, 0.4) is 0 Å². The van der Waals surface area contributed by atoms with Gasteiger partial charge in [0.25, 0.3) is 0 Å². The van der Waals surface area contributed by atoms with Crippen molar-refractivity contribution in [2.24, 2.45) is 0 Å². The predicted molar refractivity (Wildman–Crippen MR) is 94.7 cm³/mol. The molecule has 0 saturated heterocycles. The van der Waals surface area contributed by atoms with Crippen molar-refractivity contribution in [3.8, 4) is 17.0 Å². The molecule has 1 aromatic carbocycles. The van der Waals surface area contributed by atoms with Crippen LogP contribution >= 0.6 is 11.3 Å². The van der Waals surface area contributed by atoms with Gasteiger partial charge in [0.1, 0.15) is 5.75 Å². The molecule has 0 amide bonds. The van der Waals surface area contributed by atoms with Gasteiger partial charge in [0, 0.05) is 23.7 Å². The van der Waals surface area contributed by atoms with Crippen LogP contribution in [0.15, 0.2) is 64.3 Å². The maximum Gasteiger partial charge on any atom is 0.573 e. The van der Waals surface area contributed by atoms with E-state index in [0.717, 1.165) is 29.8 Å². The number of halogens is 3. The van der Waals surface area contributed by atoms with Gasteiger partial charge in [-0.2, -0.15) is 11.3 Å². The Morgan fingerprint density at radius 3 is 2.48 bits per heavy atom. The second-order valence-corrected chi connectivity index (χ2v) is 7.91. The van der Waals surface area contributed by atoms with Crippen molar-refractivity contribution in [3.05, 3.63) is 65.0 Å². The van der Waals surface area contributed by atoms with Gasteiger partial charge in [0.2, 0.25) is 10.0 Å². The minimum Gasteiger partial charge on any atom is -0.406 e. The van der Waals surface area contributed by atoms with Crippen LogP contribution in [0.2, 0.25) is 0 Å². The lowest BCUT2D eigenvalue weighted by molar-refractivity contribution is -0.274. The van der Waals surface area contributed by atoms with E-state index < -0.39 is 22.1 Å². The van der Waals surface area contributed by atoms with Crippen molar-refractivity contribution in [2.45, 2.75) is 17.8 Å². The number of hydrogen-bond donors (Lipinski definition) is 1. The zero-order valence-corrected chi connectivity index (χ0v) is 15.2. The molecule has 0 atom stereocenters. The standard InChI is InChI=1S/C17H13F3N2O3S2/c18-17(19,20)25-14-3-5-15(6-4-14)27(23,24)22-10-12-2-1-8-21-16(12)13-7-9-26-11-13/h1-9,11,22H,10H2. The number of benzene rings is 1. The molecule has 27 heavy (non-hydrogen) atoms. The Hall–Kier alpha value is -2.43. The van der Waals surface area contributed by atoms with Gasteiger partial charge in [0.05, 0.1) is 10.6 Å². The molecule has 2 heterocycles. The SMILES string of the molecule is O=S(=O)(NCc1cccnc1-c1ccsc1)c1ccc(OC(F)(F)F)cc1. The van der Waals surface area contributed by atoms with Crippen LogP contribution < -0.4 is 9.46 Å². The topological polar surface area (TPSA) is 68.3 Å². The van der Waals surface area contributed by atoms with Crippen molar-refractivity contribution < 1.29 is 26.3 Å². The lowest BCUT2D eigenvalue weighted by atomic mass is 10.1. The first kappa shape index (κ1) is 19.3. The Labute approximate surface area is 157 Å². The van der Waals surface area contributed by atoms with E-state index in [2.05, 4.69) is 14.4 Å². The molecular weight excluding hydrogens is 401 g/mol. The van der Waals surface area contributed by atoms with Gasteiger partial charge in [-0.05, 0) is 47.3 Å². The smallest absolute Gasteiger partial charge is 0.406 e. The van der Waals surface area contributed by atoms with Crippen molar-refractivity contribution in [2.75, 3.05) is 0 Å². The molecule has 3 rings (SSSR count). The monoisotopic (exact) mass is 414 g/mol. The first-order valence-electron chi connectivity index (χ1n) is 7.56. The minimum absolute atomic E-state index is 0.0118. The summed E-state index contributed by atoms with van der Waals surface area (Å²) >= 11 is 1.50. The summed E-state index contributed by atoms with van der Waals surface area (Å²) in [6, 6.07) is 9.32. The number of pyridine rings is 1. The van der Waals surface area contributed by atoms with Crippen LogP contribution in [0.25, 0.3) is 11.3 Å². The van der Waals surface area contributed by atoms with Crippen molar-refractivity contribution in [1.29, 1.82) is 0 Å². The number of sulfonamides is 1. The average molecular weight is 414 g/mol. The fourth-order valence-corrected chi connectivity index (χ4v) is 3.96. The summed E-state index contributed by atoms with van der Waals surface area (Å²) in [6.07, 6.45) is -3.22. The van der Waals surface area contributed by atoms with Gasteiger partial charge in [0.15, 0.2) is 0 Å². The summed E-state index contributed by atoms with van der Waals surface area (Å²) in [4.78, 5) is 4.12. The van der Waals surface area contributed by atoms with Crippen LogP contribution in [-0.4, -0.2) is 19.8 Å². The molecule has 0 aliphatic rings. The lowest BCUT2D eigenvalue weighted by Crippen LogP contribution is -2.23. The van der Waals surface area contributed by atoms with Crippen LogP contribution in [0.5, 0.6) is 5.75 Å². The molecule has 3 aromatic rings. The molecule has 0 fully saturated rings. The maximum atomic E-state index is 12.4. The Morgan fingerprint density at radius 1 is 1.11 bits per heavy atom. The number of hydrogen-bond acceptors (Lipinski definition) is 5. The summed E-state index contributed by atoms with van der Waals surface area (Å²) in [6.45, 7) is -0.0118. The summed E-state index contributed by atoms with van der Waals surface area (Å²) in [5, 5.41) is 3.79. The molecule has 0 saturated carbocycles. The van der Waals surface area contributed by atoms with Crippen LogP contribution in [0.4, 0.5) is 13.2 Å². The third kappa shape index (κ3) is 5.06. The first-order chi connectivity index (χ1) is 12.7. The highest BCUT2D eigenvalue weighted by molar-refractivity contribution is 7.89. The molecule has 10 heteroatoms. The number of ether oxygens (including phenoxy) is 1. The molecule has 142 valence electrons. The van der Waals surface area contributed by atoms with Crippen LogP contribution in [0.1, 0.15) is 5.56 Å². The lowest BCUT2D eigenvalue weighted by Gasteiger charge is -2.11. The summed E-state index contributed by atoms with van der Waals surface area (Å²) < 4.78 is 67.5. The number of nitrogens with zero attached hydrogens (tertiary/aromatic N) is 1. The van der Waals surface area contributed by atoms with E-state index in [0.29, 0.717) is 11.3 Å². The Balaban J connectivity index is 1.75. The fraction of sp³-hybridized carbons (Fsp3) is 0.118. The van der Waals surface area contributed by atoms with E-state index in [-0.39, 0.29) is 11.4 Å². The quantitative estimate of drug-likeness (QED) is 0.657. The fourth-order valence-electron chi connectivity index (χ4n) is 2.32. The largest absolute Gasteiger partial charge is 0.573 e. The van der Waals surface area contributed by atoms with Crippen LogP contribution in [-0.2, 0) is 16.6 Å². The second-order valence-electron chi connectivity index (χ2n) is 5.37. The summed E-state index contributed by atoms with van der Waals surface area (Å²) in [5.74, 6) is -0.492. The highest BCUT2D eigenvalue weighted by atomic mass is 32.2. The Kier molecular flexibility index (Phi) is 5.49. The van der Waals surface area contributed by atoms with E-state index >= 15 is 0 Å². The molecule has 0 spiro atoms. The zero-order valence-electron chi connectivity index (χ0n) is 13.6. The van der Waals surface area contributed by atoms with E-state index in [1.165, 1.54) is 11.3 Å². The van der Waals surface area contributed by atoms with Crippen molar-refractivity contribution in [1.82, 2.24) is 9.71 Å². The molecule has 5 nitrogen and oxygen atoms in total. The molecule has 0 radical (unpaired) electrons. The number of alkyl halides is 3. The minimum atomic E-state index is -4.84. The second kappa shape index (κ2) is 7.67. The van der Waals surface area contributed by atoms with Gasteiger partial charge < -0.3 is 4.74 Å². The Morgan fingerprint density at radius 2 is 1.85 bits per heavy atom. The molecule has 2 aromatic heterocycles. The van der Waals surface area contributed by atoms with E-state index in [1.807, 2.05) is 16.8 Å². The van der Waals surface area contributed by atoms with E-state index in [9.17, 15) is 21.6 Å².